The summed E-state index contributed by atoms with van der Waals surface area (Å²) in [6, 6.07) is 8.00. The van der Waals surface area contributed by atoms with Crippen LogP contribution in [0, 0.1) is 0 Å². The van der Waals surface area contributed by atoms with Crippen LogP contribution in [-0.4, -0.2) is 19.2 Å². The van der Waals surface area contributed by atoms with Crippen LogP contribution in [0.15, 0.2) is 29.2 Å². The molecule has 0 spiro atoms. The minimum absolute atomic E-state index is 0.138. The van der Waals surface area contributed by atoms with Crippen LogP contribution in [0.2, 0.25) is 0 Å². The zero-order chi connectivity index (χ0) is 11.3. The van der Waals surface area contributed by atoms with Crippen LogP contribution in [0.3, 0.4) is 0 Å². The minimum atomic E-state index is -2.24. The summed E-state index contributed by atoms with van der Waals surface area (Å²) in [5.41, 5.74) is 1.17. The third-order valence-corrected chi connectivity index (χ3v) is 3.21. The number of benzene rings is 1. The van der Waals surface area contributed by atoms with Gasteiger partial charge in [0.2, 0.25) is 6.43 Å². The highest BCUT2D eigenvalue weighted by Gasteiger charge is 2.05. The summed E-state index contributed by atoms with van der Waals surface area (Å²) < 4.78 is 23.9. The van der Waals surface area contributed by atoms with Crippen molar-refractivity contribution in [3.8, 4) is 0 Å². The van der Waals surface area contributed by atoms with Gasteiger partial charge in [0.15, 0.2) is 0 Å². The van der Waals surface area contributed by atoms with Gasteiger partial charge in [0.05, 0.1) is 5.75 Å². The van der Waals surface area contributed by atoms with Crippen molar-refractivity contribution in [3.05, 3.63) is 29.8 Å². The first-order valence-corrected chi connectivity index (χ1v) is 5.80. The summed E-state index contributed by atoms with van der Waals surface area (Å²) in [5, 5.41) is 3.12. The largest absolute Gasteiger partial charge is 0.313 e. The molecule has 1 N–H and O–H groups in total. The zero-order valence-electron chi connectivity index (χ0n) is 8.84. The fourth-order valence-corrected chi connectivity index (χ4v) is 1.83. The van der Waals surface area contributed by atoms with Crippen molar-refractivity contribution in [2.24, 2.45) is 0 Å². The lowest BCUT2D eigenvalue weighted by atomic mass is 10.1. The summed E-state index contributed by atoms with van der Waals surface area (Å²) in [5.74, 6) is -0.138. The van der Waals surface area contributed by atoms with Gasteiger partial charge >= 0.3 is 0 Å². The molecule has 0 heterocycles. The van der Waals surface area contributed by atoms with E-state index in [1.807, 2.05) is 31.3 Å². The predicted octanol–water partition coefficient (Wildman–Crippen LogP) is 3.32. The molecule has 0 aromatic heterocycles. The van der Waals surface area contributed by atoms with Crippen LogP contribution >= 0.6 is 11.8 Å². The van der Waals surface area contributed by atoms with Crippen LogP contribution in [0.4, 0.5) is 8.78 Å². The molecule has 0 amide bonds. The normalized spacial score (nSPS) is 13.1. The van der Waals surface area contributed by atoms with Gasteiger partial charge in [0.1, 0.15) is 0 Å². The maximum atomic E-state index is 12.0. The molecule has 1 aromatic rings. The number of hydrogen-bond acceptors (Lipinski definition) is 2. The molecule has 1 unspecified atom stereocenters. The Morgan fingerprint density at radius 1 is 1.27 bits per heavy atom. The molecule has 0 saturated carbocycles. The van der Waals surface area contributed by atoms with E-state index in [0.717, 1.165) is 4.90 Å². The number of alkyl halides is 2. The lowest BCUT2D eigenvalue weighted by Crippen LogP contribution is -2.11. The predicted molar refractivity (Wildman–Crippen MR) is 60.6 cm³/mol. The summed E-state index contributed by atoms with van der Waals surface area (Å²) >= 11 is 1.19. The maximum Gasteiger partial charge on any atom is 0.247 e. The van der Waals surface area contributed by atoms with Gasteiger partial charge in [0.25, 0.3) is 0 Å². The molecular weight excluding hydrogens is 216 g/mol. The summed E-state index contributed by atoms with van der Waals surface area (Å²) in [7, 11) is 1.89. The molecule has 0 aliphatic heterocycles. The van der Waals surface area contributed by atoms with Crippen molar-refractivity contribution in [1.29, 1.82) is 0 Å². The van der Waals surface area contributed by atoms with E-state index in [4.69, 9.17) is 0 Å². The van der Waals surface area contributed by atoms with Gasteiger partial charge in [-0.3, -0.25) is 0 Å². The van der Waals surface area contributed by atoms with E-state index in [0.29, 0.717) is 6.04 Å². The van der Waals surface area contributed by atoms with E-state index in [1.165, 1.54) is 17.3 Å². The average molecular weight is 231 g/mol. The van der Waals surface area contributed by atoms with E-state index < -0.39 is 6.43 Å². The molecule has 1 nitrogen and oxygen atoms in total. The SMILES string of the molecule is CNC(C)c1ccc(SCC(F)F)cc1. The molecule has 0 fully saturated rings. The summed E-state index contributed by atoms with van der Waals surface area (Å²) in [6.45, 7) is 2.06. The van der Waals surface area contributed by atoms with Crippen LogP contribution in [0.5, 0.6) is 0 Å². The number of thioether (sulfide) groups is 1. The van der Waals surface area contributed by atoms with Gasteiger partial charge < -0.3 is 5.32 Å². The van der Waals surface area contributed by atoms with Crippen LogP contribution < -0.4 is 5.32 Å². The topological polar surface area (TPSA) is 12.0 Å². The maximum absolute atomic E-state index is 12.0. The van der Waals surface area contributed by atoms with Crippen molar-refractivity contribution in [2.45, 2.75) is 24.3 Å². The van der Waals surface area contributed by atoms with Gasteiger partial charge in [-0.25, -0.2) is 8.78 Å². The van der Waals surface area contributed by atoms with E-state index >= 15 is 0 Å². The van der Waals surface area contributed by atoms with Crippen LogP contribution in [0.25, 0.3) is 0 Å². The van der Waals surface area contributed by atoms with Crippen molar-refractivity contribution in [2.75, 3.05) is 12.8 Å². The lowest BCUT2D eigenvalue weighted by molar-refractivity contribution is 0.177. The zero-order valence-corrected chi connectivity index (χ0v) is 9.65. The Morgan fingerprint density at radius 3 is 2.33 bits per heavy atom. The van der Waals surface area contributed by atoms with Gasteiger partial charge in [-0.05, 0) is 31.7 Å². The molecule has 1 aromatic carbocycles. The molecule has 4 heteroatoms. The Balaban J connectivity index is 2.56. The Morgan fingerprint density at radius 2 is 1.87 bits per heavy atom. The fourth-order valence-electron chi connectivity index (χ4n) is 1.18. The second-order valence-corrected chi connectivity index (χ2v) is 4.37. The van der Waals surface area contributed by atoms with E-state index in [2.05, 4.69) is 12.2 Å². The highest BCUT2D eigenvalue weighted by Crippen LogP contribution is 2.22. The van der Waals surface area contributed by atoms with Gasteiger partial charge in [-0.15, -0.1) is 11.8 Å². The quantitative estimate of drug-likeness (QED) is 0.780. The highest BCUT2D eigenvalue weighted by atomic mass is 32.2. The Kier molecular flexibility index (Phi) is 5.05. The highest BCUT2D eigenvalue weighted by molar-refractivity contribution is 7.99. The van der Waals surface area contributed by atoms with Gasteiger partial charge in [-0.2, -0.15) is 0 Å². The number of rotatable bonds is 5. The monoisotopic (exact) mass is 231 g/mol. The third kappa shape index (κ3) is 4.18. The molecule has 15 heavy (non-hydrogen) atoms. The van der Waals surface area contributed by atoms with Crippen molar-refractivity contribution in [1.82, 2.24) is 5.32 Å². The molecule has 1 atom stereocenters. The molecule has 84 valence electrons. The van der Waals surface area contributed by atoms with Crippen molar-refractivity contribution >= 4 is 11.8 Å². The van der Waals surface area contributed by atoms with Crippen LogP contribution in [-0.2, 0) is 0 Å². The first-order chi connectivity index (χ1) is 7.13. The number of nitrogens with one attached hydrogen (secondary N) is 1. The summed E-state index contributed by atoms with van der Waals surface area (Å²) in [4.78, 5) is 0.891. The molecule has 0 saturated heterocycles. The Bertz CT molecular complexity index is 287. The van der Waals surface area contributed by atoms with Gasteiger partial charge in [-0.1, -0.05) is 12.1 Å². The smallest absolute Gasteiger partial charge is 0.247 e. The second kappa shape index (κ2) is 6.08. The Hall–Kier alpha value is -0.610. The standard InChI is InChI=1S/C11H15F2NS/c1-8(14-2)9-3-5-10(6-4-9)15-7-11(12)13/h3-6,8,11,14H,7H2,1-2H3. The molecule has 0 aliphatic carbocycles. The van der Waals surface area contributed by atoms with E-state index in [9.17, 15) is 8.78 Å². The van der Waals surface area contributed by atoms with E-state index in [1.54, 1.807) is 0 Å². The van der Waals surface area contributed by atoms with Crippen molar-refractivity contribution in [3.63, 3.8) is 0 Å². The van der Waals surface area contributed by atoms with Crippen molar-refractivity contribution < 1.29 is 8.78 Å². The minimum Gasteiger partial charge on any atom is -0.313 e. The van der Waals surface area contributed by atoms with Crippen LogP contribution in [0.1, 0.15) is 18.5 Å². The number of hydrogen-bond donors (Lipinski definition) is 1. The number of halogens is 2. The first kappa shape index (κ1) is 12.5. The third-order valence-electron chi connectivity index (χ3n) is 2.19. The van der Waals surface area contributed by atoms with E-state index in [-0.39, 0.29) is 5.75 Å². The van der Waals surface area contributed by atoms with Gasteiger partial charge in [0, 0.05) is 10.9 Å². The average Bonchev–Trinajstić information content (AvgIpc) is 2.26. The Labute approximate surface area is 93.3 Å². The summed E-state index contributed by atoms with van der Waals surface area (Å²) in [6.07, 6.45) is -2.24. The second-order valence-electron chi connectivity index (χ2n) is 3.28. The lowest BCUT2D eigenvalue weighted by Gasteiger charge is -2.10. The molecule has 0 bridgehead atoms. The molecule has 0 radical (unpaired) electrons. The molecular formula is C11H15F2NS. The first-order valence-electron chi connectivity index (χ1n) is 4.81. The molecule has 0 aliphatic rings. The molecule has 1 rings (SSSR count). The fraction of sp³-hybridized carbons (Fsp3) is 0.455.